The number of H-pyrrole nitrogens is 1. The molecule has 3 rings (SSSR count). The third-order valence-corrected chi connectivity index (χ3v) is 3.15. The first-order chi connectivity index (χ1) is 7.25. The summed E-state index contributed by atoms with van der Waals surface area (Å²) in [6.07, 6.45) is 0. The summed E-state index contributed by atoms with van der Waals surface area (Å²) in [7, 11) is 0. The van der Waals surface area contributed by atoms with Crippen molar-refractivity contribution in [2.45, 2.75) is 19.4 Å². The van der Waals surface area contributed by atoms with Gasteiger partial charge in [0.1, 0.15) is 5.82 Å². The smallest absolute Gasteiger partial charge is 0.125 e. The number of aromatic amines is 1. The van der Waals surface area contributed by atoms with Crippen LogP contribution in [0.5, 0.6) is 0 Å². The lowest BCUT2D eigenvalue weighted by Gasteiger charge is -2.19. The Balaban J connectivity index is 2.30. The highest BCUT2D eigenvalue weighted by Gasteiger charge is 2.20. The van der Waals surface area contributed by atoms with Crippen LogP contribution in [0.2, 0.25) is 0 Å². The average Bonchev–Trinajstić information content (AvgIpc) is 2.57. The molecule has 1 aliphatic rings. The lowest BCUT2D eigenvalue weighted by atomic mass is 9.98. The molecule has 1 unspecified atom stereocenters. The van der Waals surface area contributed by atoms with E-state index in [0.717, 1.165) is 24.0 Å². The molecule has 3 heteroatoms. The molecule has 2 N–H and O–H groups in total. The zero-order valence-electron chi connectivity index (χ0n) is 8.60. The molecule has 15 heavy (non-hydrogen) atoms. The van der Waals surface area contributed by atoms with E-state index in [-0.39, 0.29) is 5.82 Å². The third-order valence-electron chi connectivity index (χ3n) is 3.15. The van der Waals surface area contributed by atoms with Gasteiger partial charge in [0.25, 0.3) is 0 Å². The largest absolute Gasteiger partial charge is 0.358 e. The second-order valence-electron chi connectivity index (χ2n) is 4.24. The molecule has 1 aromatic heterocycles. The molecular weight excluding hydrogens is 191 g/mol. The van der Waals surface area contributed by atoms with Gasteiger partial charge in [-0.1, -0.05) is 6.92 Å². The van der Waals surface area contributed by atoms with Gasteiger partial charge in [0.15, 0.2) is 0 Å². The molecule has 2 nitrogen and oxygen atoms in total. The Morgan fingerprint density at radius 3 is 3.13 bits per heavy atom. The van der Waals surface area contributed by atoms with Crippen LogP contribution in [-0.4, -0.2) is 11.5 Å². The van der Waals surface area contributed by atoms with Gasteiger partial charge in [0.2, 0.25) is 0 Å². The number of hydrogen-bond donors (Lipinski definition) is 2. The molecule has 0 fully saturated rings. The zero-order valence-corrected chi connectivity index (χ0v) is 8.60. The quantitative estimate of drug-likeness (QED) is 0.678. The molecule has 0 radical (unpaired) electrons. The van der Waals surface area contributed by atoms with Crippen molar-refractivity contribution in [2.24, 2.45) is 0 Å². The van der Waals surface area contributed by atoms with Gasteiger partial charge in [0, 0.05) is 35.6 Å². The van der Waals surface area contributed by atoms with Gasteiger partial charge in [-0.3, -0.25) is 0 Å². The summed E-state index contributed by atoms with van der Waals surface area (Å²) in [5.74, 6) is 0.297. The molecule has 78 valence electrons. The fourth-order valence-corrected chi connectivity index (χ4v) is 2.38. The van der Waals surface area contributed by atoms with E-state index in [9.17, 15) is 4.39 Å². The minimum Gasteiger partial charge on any atom is -0.358 e. The SMILES string of the molecule is CC1CNCc2c1[nH]c1cc(F)ccc21. The van der Waals surface area contributed by atoms with Gasteiger partial charge in [-0.15, -0.1) is 0 Å². The summed E-state index contributed by atoms with van der Waals surface area (Å²) in [5, 5.41) is 4.51. The molecule has 0 saturated heterocycles. The van der Waals surface area contributed by atoms with Crippen molar-refractivity contribution < 1.29 is 4.39 Å². The standard InChI is InChI=1S/C12H13FN2/c1-7-5-14-6-10-9-3-2-8(13)4-11(9)15-12(7)10/h2-4,7,14-15H,5-6H2,1H3. The van der Waals surface area contributed by atoms with Crippen LogP contribution in [0.4, 0.5) is 4.39 Å². The van der Waals surface area contributed by atoms with Gasteiger partial charge in [-0.2, -0.15) is 0 Å². The van der Waals surface area contributed by atoms with Crippen LogP contribution in [0, 0.1) is 5.82 Å². The van der Waals surface area contributed by atoms with Gasteiger partial charge in [0.05, 0.1) is 0 Å². The van der Waals surface area contributed by atoms with Crippen LogP contribution in [0.15, 0.2) is 18.2 Å². The summed E-state index contributed by atoms with van der Waals surface area (Å²) in [6, 6.07) is 4.95. The minimum absolute atomic E-state index is 0.179. The highest BCUT2D eigenvalue weighted by atomic mass is 19.1. The Bertz CT molecular complexity index is 516. The molecule has 0 aliphatic carbocycles. The van der Waals surface area contributed by atoms with Gasteiger partial charge in [-0.05, 0) is 23.8 Å². The van der Waals surface area contributed by atoms with E-state index in [1.807, 2.05) is 6.07 Å². The van der Waals surface area contributed by atoms with E-state index in [2.05, 4.69) is 17.2 Å². The maximum absolute atomic E-state index is 13.1. The third kappa shape index (κ3) is 1.27. The predicted molar refractivity (Wildman–Crippen MR) is 58.4 cm³/mol. The van der Waals surface area contributed by atoms with Crippen molar-refractivity contribution in [2.75, 3.05) is 6.54 Å². The van der Waals surface area contributed by atoms with E-state index in [1.165, 1.54) is 17.3 Å². The van der Waals surface area contributed by atoms with Crippen molar-refractivity contribution in [1.29, 1.82) is 0 Å². The molecule has 1 aromatic carbocycles. The normalized spacial score (nSPS) is 20.5. The van der Waals surface area contributed by atoms with E-state index in [0.29, 0.717) is 5.92 Å². The second kappa shape index (κ2) is 3.07. The van der Waals surface area contributed by atoms with Crippen LogP contribution in [-0.2, 0) is 6.54 Å². The highest BCUT2D eigenvalue weighted by Crippen LogP contribution is 2.30. The second-order valence-corrected chi connectivity index (χ2v) is 4.24. The Kier molecular flexibility index (Phi) is 1.83. The van der Waals surface area contributed by atoms with Crippen LogP contribution >= 0.6 is 0 Å². The fraction of sp³-hybridized carbons (Fsp3) is 0.333. The van der Waals surface area contributed by atoms with E-state index in [1.54, 1.807) is 6.07 Å². The average molecular weight is 204 g/mol. The molecule has 0 amide bonds. The summed E-state index contributed by atoms with van der Waals surface area (Å²) in [5.41, 5.74) is 3.47. The molecule has 0 saturated carbocycles. The summed E-state index contributed by atoms with van der Waals surface area (Å²) in [6.45, 7) is 4.05. The summed E-state index contributed by atoms with van der Waals surface area (Å²) < 4.78 is 13.1. The van der Waals surface area contributed by atoms with Crippen LogP contribution in [0.1, 0.15) is 24.1 Å². The highest BCUT2D eigenvalue weighted by molar-refractivity contribution is 5.85. The summed E-state index contributed by atoms with van der Waals surface area (Å²) >= 11 is 0. The number of rotatable bonds is 0. The first kappa shape index (κ1) is 8.92. The zero-order chi connectivity index (χ0) is 10.4. The van der Waals surface area contributed by atoms with Crippen molar-refractivity contribution in [3.05, 3.63) is 35.3 Å². The number of benzene rings is 1. The topological polar surface area (TPSA) is 27.8 Å². The molecule has 1 atom stereocenters. The van der Waals surface area contributed by atoms with Gasteiger partial charge < -0.3 is 10.3 Å². The van der Waals surface area contributed by atoms with Crippen LogP contribution < -0.4 is 5.32 Å². The first-order valence-corrected chi connectivity index (χ1v) is 5.26. The number of hydrogen-bond acceptors (Lipinski definition) is 1. The molecule has 0 bridgehead atoms. The lowest BCUT2D eigenvalue weighted by molar-refractivity contribution is 0.565. The molecule has 0 spiro atoms. The number of fused-ring (bicyclic) bond motifs is 3. The Morgan fingerprint density at radius 2 is 2.27 bits per heavy atom. The maximum atomic E-state index is 13.1. The van der Waals surface area contributed by atoms with Crippen molar-refractivity contribution in [1.82, 2.24) is 10.3 Å². The Morgan fingerprint density at radius 1 is 1.40 bits per heavy atom. The fourth-order valence-electron chi connectivity index (χ4n) is 2.38. The van der Waals surface area contributed by atoms with Crippen molar-refractivity contribution in [3.8, 4) is 0 Å². The van der Waals surface area contributed by atoms with Crippen LogP contribution in [0.25, 0.3) is 10.9 Å². The van der Waals surface area contributed by atoms with Crippen LogP contribution in [0.3, 0.4) is 0 Å². The van der Waals surface area contributed by atoms with Crippen molar-refractivity contribution in [3.63, 3.8) is 0 Å². The predicted octanol–water partition coefficient (Wildman–Crippen LogP) is 2.51. The minimum atomic E-state index is -0.179. The van der Waals surface area contributed by atoms with E-state index >= 15 is 0 Å². The van der Waals surface area contributed by atoms with Crippen molar-refractivity contribution >= 4 is 10.9 Å². The van der Waals surface area contributed by atoms with Gasteiger partial charge in [-0.25, -0.2) is 4.39 Å². The molecule has 1 aliphatic heterocycles. The molecule has 2 aromatic rings. The van der Waals surface area contributed by atoms with Gasteiger partial charge >= 0.3 is 0 Å². The molecule has 2 heterocycles. The monoisotopic (exact) mass is 204 g/mol. The lowest BCUT2D eigenvalue weighted by Crippen LogP contribution is -2.26. The van der Waals surface area contributed by atoms with E-state index in [4.69, 9.17) is 0 Å². The van der Waals surface area contributed by atoms with E-state index < -0.39 is 0 Å². The number of halogens is 1. The Hall–Kier alpha value is -1.35. The number of aromatic nitrogens is 1. The number of nitrogens with one attached hydrogen (secondary N) is 2. The maximum Gasteiger partial charge on any atom is 0.125 e. The molecular formula is C12H13FN2. The summed E-state index contributed by atoms with van der Waals surface area (Å²) in [4.78, 5) is 3.33. The Labute approximate surface area is 87.5 Å². The first-order valence-electron chi connectivity index (χ1n) is 5.26.